The summed E-state index contributed by atoms with van der Waals surface area (Å²) in [5.41, 5.74) is 2.43. The lowest BCUT2D eigenvalue weighted by atomic mass is 9.87. The first-order valence-corrected chi connectivity index (χ1v) is 7.52. The molecular formula is C18H19BO3. The molecule has 1 aliphatic carbocycles. The Morgan fingerprint density at radius 3 is 2.45 bits per heavy atom. The number of hydrogen-bond donors (Lipinski definition) is 2. The smallest absolute Gasteiger partial charge is 0.465 e. The van der Waals surface area contributed by atoms with Gasteiger partial charge >= 0.3 is 7.12 Å². The van der Waals surface area contributed by atoms with E-state index in [-0.39, 0.29) is 11.1 Å². The summed E-state index contributed by atoms with van der Waals surface area (Å²) in [7, 11) is -1.59. The normalized spacial score (nSPS) is 16.5. The molecular weight excluding hydrogens is 275 g/mol. The van der Waals surface area contributed by atoms with Crippen molar-refractivity contribution in [1.29, 1.82) is 0 Å². The van der Waals surface area contributed by atoms with Crippen molar-refractivity contribution in [3.05, 3.63) is 65.4 Å². The fraction of sp³-hybridized carbons (Fsp3) is 0.222. The summed E-state index contributed by atoms with van der Waals surface area (Å²) < 4.78 is 5.55. The van der Waals surface area contributed by atoms with Crippen LogP contribution in [0.3, 0.4) is 0 Å². The third-order valence-electron chi connectivity index (χ3n) is 4.10. The first-order valence-electron chi connectivity index (χ1n) is 7.52. The van der Waals surface area contributed by atoms with Gasteiger partial charge in [0, 0.05) is 11.0 Å². The van der Waals surface area contributed by atoms with Gasteiger partial charge in [0.15, 0.2) is 0 Å². The summed E-state index contributed by atoms with van der Waals surface area (Å²) in [6.07, 6.45) is 10.2. The molecule has 2 N–H and O–H groups in total. The monoisotopic (exact) mass is 294 g/mol. The van der Waals surface area contributed by atoms with Crippen LogP contribution in [0.2, 0.25) is 0 Å². The van der Waals surface area contributed by atoms with E-state index in [4.69, 9.17) is 4.42 Å². The highest BCUT2D eigenvalue weighted by atomic mass is 16.4. The van der Waals surface area contributed by atoms with Gasteiger partial charge in [-0.15, -0.1) is 0 Å². The van der Waals surface area contributed by atoms with Crippen LogP contribution in [0, 0.1) is 0 Å². The number of benzene rings is 1. The summed E-state index contributed by atoms with van der Waals surface area (Å²) in [6, 6.07) is 12.1. The van der Waals surface area contributed by atoms with Crippen LogP contribution in [0.25, 0.3) is 12.2 Å². The van der Waals surface area contributed by atoms with Gasteiger partial charge in [0.05, 0.1) is 0 Å². The van der Waals surface area contributed by atoms with E-state index >= 15 is 0 Å². The largest absolute Gasteiger partial charge is 0.526 e. The Balaban J connectivity index is 1.89. The molecule has 0 spiro atoms. The summed E-state index contributed by atoms with van der Waals surface area (Å²) >= 11 is 0. The van der Waals surface area contributed by atoms with E-state index in [2.05, 4.69) is 30.3 Å². The highest BCUT2D eigenvalue weighted by molar-refractivity contribution is 6.57. The van der Waals surface area contributed by atoms with Gasteiger partial charge in [0.2, 0.25) is 0 Å². The highest BCUT2D eigenvalue weighted by Crippen LogP contribution is 2.49. The van der Waals surface area contributed by atoms with E-state index in [1.54, 1.807) is 6.07 Å². The molecule has 0 amide bonds. The standard InChI is InChI=1S/C18H19BO3/c1-2-6-14-13-17(19(20)21)22-16(14)9-10-18(11-12-18)15-7-4-3-5-8-15/h2-10,13,20-21H,11-12H2,1H3/b6-2-,10-9+. The number of allylic oxidation sites excluding steroid dienone is 2. The van der Waals surface area contributed by atoms with Crippen LogP contribution in [-0.4, -0.2) is 17.2 Å². The third-order valence-corrected chi connectivity index (χ3v) is 4.10. The van der Waals surface area contributed by atoms with Gasteiger partial charge in [-0.2, -0.15) is 0 Å². The molecule has 0 saturated heterocycles. The molecule has 0 bridgehead atoms. The van der Waals surface area contributed by atoms with Gasteiger partial charge in [0.1, 0.15) is 11.4 Å². The van der Waals surface area contributed by atoms with Crippen LogP contribution >= 0.6 is 0 Å². The molecule has 3 rings (SSSR count). The van der Waals surface area contributed by atoms with Gasteiger partial charge in [0.25, 0.3) is 0 Å². The molecule has 0 unspecified atom stereocenters. The van der Waals surface area contributed by atoms with Crippen LogP contribution in [0.4, 0.5) is 0 Å². The minimum Gasteiger partial charge on any atom is -0.465 e. The fourth-order valence-corrected chi connectivity index (χ4v) is 2.70. The molecule has 1 aliphatic rings. The van der Waals surface area contributed by atoms with Crippen molar-refractivity contribution in [2.45, 2.75) is 25.2 Å². The van der Waals surface area contributed by atoms with E-state index in [1.165, 1.54) is 5.56 Å². The van der Waals surface area contributed by atoms with Gasteiger partial charge in [-0.3, -0.25) is 0 Å². The highest BCUT2D eigenvalue weighted by Gasteiger charge is 2.41. The van der Waals surface area contributed by atoms with E-state index in [1.807, 2.05) is 31.2 Å². The van der Waals surface area contributed by atoms with Gasteiger partial charge < -0.3 is 14.5 Å². The van der Waals surface area contributed by atoms with Crippen LogP contribution in [0.5, 0.6) is 0 Å². The Morgan fingerprint density at radius 1 is 1.14 bits per heavy atom. The minimum absolute atomic E-state index is 0.0965. The molecule has 112 valence electrons. The Kier molecular flexibility index (Phi) is 4.05. The summed E-state index contributed by atoms with van der Waals surface area (Å²) in [6.45, 7) is 1.92. The second kappa shape index (κ2) is 5.99. The average Bonchev–Trinajstić information content (AvgIpc) is 3.21. The van der Waals surface area contributed by atoms with Crippen LogP contribution in [-0.2, 0) is 5.41 Å². The number of furan rings is 1. The van der Waals surface area contributed by atoms with E-state index < -0.39 is 7.12 Å². The van der Waals surface area contributed by atoms with Crippen molar-refractivity contribution >= 4 is 24.9 Å². The zero-order chi connectivity index (χ0) is 15.6. The molecule has 4 heteroatoms. The SMILES string of the molecule is C/C=C\c1cc(B(O)O)oc1/C=C/C1(c2ccccc2)CC1. The second-order valence-corrected chi connectivity index (χ2v) is 5.70. The second-order valence-electron chi connectivity index (χ2n) is 5.70. The van der Waals surface area contributed by atoms with E-state index in [0.29, 0.717) is 5.76 Å². The quantitative estimate of drug-likeness (QED) is 0.834. The van der Waals surface area contributed by atoms with Crippen LogP contribution in [0.15, 0.2) is 53.0 Å². The van der Waals surface area contributed by atoms with Crippen LogP contribution in [0.1, 0.15) is 36.7 Å². The lowest BCUT2D eigenvalue weighted by Crippen LogP contribution is -2.28. The van der Waals surface area contributed by atoms with Gasteiger partial charge in [-0.05, 0) is 37.5 Å². The minimum atomic E-state index is -1.59. The lowest BCUT2D eigenvalue weighted by molar-refractivity contribution is 0.409. The van der Waals surface area contributed by atoms with Gasteiger partial charge in [-0.1, -0.05) is 48.6 Å². The molecule has 2 aromatic rings. The topological polar surface area (TPSA) is 53.6 Å². The van der Waals surface area contributed by atoms with E-state index in [9.17, 15) is 10.0 Å². The summed E-state index contributed by atoms with van der Waals surface area (Å²) in [4.78, 5) is 0. The molecule has 1 aromatic carbocycles. The fourth-order valence-electron chi connectivity index (χ4n) is 2.70. The van der Waals surface area contributed by atoms with Crippen molar-refractivity contribution in [1.82, 2.24) is 0 Å². The maximum atomic E-state index is 9.26. The molecule has 3 nitrogen and oxygen atoms in total. The molecule has 1 aromatic heterocycles. The zero-order valence-corrected chi connectivity index (χ0v) is 12.6. The van der Waals surface area contributed by atoms with Crippen molar-refractivity contribution < 1.29 is 14.5 Å². The lowest BCUT2D eigenvalue weighted by Gasteiger charge is -2.09. The number of hydrogen-bond acceptors (Lipinski definition) is 3. The van der Waals surface area contributed by atoms with E-state index in [0.717, 1.165) is 18.4 Å². The Bertz CT molecular complexity index is 694. The van der Waals surface area contributed by atoms with Crippen molar-refractivity contribution in [3.8, 4) is 0 Å². The summed E-state index contributed by atoms with van der Waals surface area (Å²) in [5.74, 6) is 0.656. The Hall–Kier alpha value is -2.04. The zero-order valence-electron chi connectivity index (χ0n) is 12.6. The predicted octanol–water partition coefficient (Wildman–Crippen LogP) is 2.74. The molecule has 0 radical (unpaired) electrons. The predicted molar refractivity (Wildman–Crippen MR) is 89.6 cm³/mol. The Morgan fingerprint density at radius 2 is 1.86 bits per heavy atom. The maximum Gasteiger partial charge on any atom is 0.526 e. The third kappa shape index (κ3) is 2.94. The van der Waals surface area contributed by atoms with Crippen molar-refractivity contribution in [2.24, 2.45) is 0 Å². The van der Waals surface area contributed by atoms with Crippen molar-refractivity contribution in [2.75, 3.05) is 0 Å². The van der Waals surface area contributed by atoms with Crippen molar-refractivity contribution in [3.63, 3.8) is 0 Å². The first-order chi connectivity index (χ1) is 10.6. The molecule has 1 fully saturated rings. The number of rotatable bonds is 5. The molecule has 0 aliphatic heterocycles. The Labute approximate surface area is 130 Å². The molecule has 1 saturated carbocycles. The van der Waals surface area contributed by atoms with Gasteiger partial charge in [-0.25, -0.2) is 0 Å². The maximum absolute atomic E-state index is 9.26. The van der Waals surface area contributed by atoms with Crippen LogP contribution < -0.4 is 5.66 Å². The molecule has 0 atom stereocenters. The molecule has 1 heterocycles. The first kappa shape index (κ1) is 14.9. The molecule has 22 heavy (non-hydrogen) atoms. The average molecular weight is 294 g/mol. The summed E-state index contributed by atoms with van der Waals surface area (Å²) in [5, 5.41) is 18.5.